The van der Waals surface area contributed by atoms with Gasteiger partial charge in [-0.1, -0.05) is 78.9 Å². The number of benzene rings is 4. The predicted molar refractivity (Wildman–Crippen MR) is 142 cm³/mol. The van der Waals surface area contributed by atoms with Crippen LogP contribution >= 0.6 is 0 Å². The highest BCUT2D eigenvalue weighted by molar-refractivity contribution is 6.01. The molecule has 0 atom stereocenters. The molecule has 36 heavy (non-hydrogen) atoms. The average molecular weight is 477 g/mol. The van der Waals surface area contributed by atoms with Crippen LogP contribution in [0.2, 0.25) is 0 Å². The first kappa shape index (κ1) is 22.9. The maximum Gasteiger partial charge on any atom is 0.336 e. The van der Waals surface area contributed by atoms with Gasteiger partial charge >= 0.3 is 5.63 Å². The van der Waals surface area contributed by atoms with Crippen LogP contribution in [0.3, 0.4) is 0 Å². The Morgan fingerprint density at radius 1 is 0.750 bits per heavy atom. The van der Waals surface area contributed by atoms with E-state index in [0.717, 1.165) is 16.8 Å². The maximum atomic E-state index is 12.4. The van der Waals surface area contributed by atoms with Gasteiger partial charge in [-0.2, -0.15) is 5.10 Å². The lowest BCUT2D eigenvalue weighted by molar-refractivity contribution is 0.292. The summed E-state index contributed by atoms with van der Waals surface area (Å²) in [6, 6.07) is 34.2. The van der Waals surface area contributed by atoms with Gasteiger partial charge in [-0.3, -0.25) is 5.43 Å². The van der Waals surface area contributed by atoms with Gasteiger partial charge in [0.05, 0.1) is 17.3 Å². The molecule has 0 aliphatic heterocycles. The first-order valence-corrected chi connectivity index (χ1v) is 11.5. The minimum Gasteiger partial charge on any atom is -0.489 e. The number of nitrogens with zero attached hydrogens (tertiary/aromatic N) is 1. The van der Waals surface area contributed by atoms with E-state index in [1.165, 1.54) is 6.07 Å². The number of hydrazone groups is 1. The minimum absolute atomic E-state index is 0.343. The molecule has 0 saturated carbocycles. The topological polar surface area (TPSA) is 73.1 Å². The van der Waals surface area contributed by atoms with Gasteiger partial charge < -0.3 is 13.9 Å². The summed E-state index contributed by atoms with van der Waals surface area (Å²) in [4.78, 5) is 12.4. The molecule has 0 spiro atoms. The number of ether oxygens (including phenoxy) is 2. The van der Waals surface area contributed by atoms with E-state index in [4.69, 9.17) is 13.9 Å². The Bertz CT molecular complexity index is 1520. The standard InChI is InChI=1S/C30H24N2O4/c33-29-16-24(19-31-32-25-14-8-3-9-15-25)30-27(35-21-23-12-6-2-7-13-23)17-26(18-28(30)36-29)34-20-22-10-4-1-5-11-22/h1-19,32H,20-21H2/b31-19-. The van der Waals surface area contributed by atoms with Crippen molar-refractivity contribution in [3.05, 3.63) is 136 Å². The molecular weight excluding hydrogens is 452 g/mol. The third-order valence-electron chi connectivity index (χ3n) is 5.47. The van der Waals surface area contributed by atoms with E-state index < -0.39 is 5.63 Å². The van der Waals surface area contributed by atoms with Crippen LogP contribution in [0, 0.1) is 0 Å². The second-order valence-electron chi connectivity index (χ2n) is 8.10. The fourth-order valence-corrected chi connectivity index (χ4v) is 3.73. The molecule has 5 rings (SSSR count). The van der Waals surface area contributed by atoms with Gasteiger partial charge in [0.25, 0.3) is 0 Å². The summed E-state index contributed by atoms with van der Waals surface area (Å²) in [5.74, 6) is 1.07. The number of nitrogens with one attached hydrogen (secondary N) is 1. The first-order chi connectivity index (χ1) is 17.7. The van der Waals surface area contributed by atoms with E-state index in [1.54, 1.807) is 12.3 Å². The van der Waals surface area contributed by atoms with Crippen LogP contribution < -0.4 is 20.5 Å². The molecule has 178 valence electrons. The molecular formula is C30H24N2O4. The summed E-state index contributed by atoms with van der Waals surface area (Å²) in [5, 5.41) is 4.95. The van der Waals surface area contributed by atoms with Gasteiger partial charge in [0.2, 0.25) is 0 Å². The Morgan fingerprint density at radius 3 is 2.03 bits per heavy atom. The minimum atomic E-state index is -0.488. The van der Waals surface area contributed by atoms with Crippen LogP contribution in [0.15, 0.2) is 124 Å². The molecule has 0 aliphatic carbocycles. The van der Waals surface area contributed by atoms with Gasteiger partial charge in [0.15, 0.2) is 0 Å². The van der Waals surface area contributed by atoms with E-state index in [9.17, 15) is 4.79 Å². The van der Waals surface area contributed by atoms with Gasteiger partial charge in [0, 0.05) is 23.8 Å². The smallest absolute Gasteiger partial charge is 0.336 e. The number of hydrogen-bond acceptors (Lipinski definition) is 6. The number of anilines is 1. The number of rotatable bonds is 9. The van der Waals surface area contributed by atoms with Crippen LogP contribution in [-0.2, 0) is 13.2 Å². The summed E-state index contributed by atoms with van der Waals surface area (Å²) >= 11 is 0. The van der Waals surface area contributed by atoms with E-state index >= 15 is 0 Å². The maximum absolute atomic E-state index is 12.4. The molecule has 0 radical (unpaired) electrons. The second-order valence-corrected chi connectivity index (χ2v) is 8.10. The van der Waals surface area contributed by atoms with Crippen LogP contribution in [0.25, 0.3) is 11.0 Å². The molecule has 1 aromatic heterocycles. The number of fused-ring (bicyclic) bond motifs is 1. The van der Waals surface area contributed by atoms with Crippen molar-refractivity contribution in [2.75, 3.05) is 5.43 Å². The highest BCUT2D eigenvalue weighted by Crippen LogP contribution is 2.33. The fourth-order valence-electron chi connectivity index (χ4n) is 3.73. The van der Waals surface area contributed by atoms with Crippen LogP contribution in [0.1, 0.15) is 16.7 Å². The molecule has 0 saturated heterocycles. The number of hydrogen-bond donors (Lipinski definition) is 1. The van der Waals surface area contributed by atoms with E-state index in [-0.39, 0.29) is 0 Å². The molecule has 0 aliphatic rings. The normalized spacial score (nSPS) is 11.0. The molecule has 6 nitrogen and oxygen atoms in total. The van der Waals surface area contributed by atoms with Crippen molar-refractivity contribution in [1.82, 2.24) is 0 Å². The molecule has 4 aromatic carbocycles. The van der Waals surface area contributed by atoms with Crippen LogP contribution in [-0.4, -0.2) is 6.21 Å². The average Bonchev–Trinajstić information content (AvgIpc) is 2.92. The Balaban J connectivity index is 1.50. The zero-order valence-corrected chi connectivity index (χ0v) is 19.5. The molecule has 0 amide bonds. The summed E-state index contributed by atoms with van der Waals surface area (Å²) in [6.07, 6.45) is 1.59. The monoisotopic (exact) mass is 476 g/mol. The van der Waals surface area contributed by atoms with E-state index in [0.29, 0.717) is 41.2 Å². The Hall–Kier alpha value is -4.84. The molecule has 0 bridgehead atoms. The van der Waals surface area contributed by atoms with Crippen molar-refractivity contribution in [1.29, 1.82) is 0 Å². The van der Waals surface area contributed by atoms with Crippen molar-refractivity contribution in [2.45, 2.75) is 13.2 Å². The Labute approximate surface area is 208 Å². The summed E-state index contributed by atoms with van der Waals surface area (Å²) in [7, 11) is 0. The SMILES string of the molecule is O=c1cc(/C=N\Nc2ccccc2)c2c(OCc3ccccc3)cc(OCc3ccccc3)cc2o1. The van der Waals surface area contributed by atoms with Crippen molar-refractivity contribution in [2.24, 2.45) is 5.10 Å². The quantitative estimate of drug-likeness (QED) is 0.151. The number of para-hydroxylation sites is 1. The molecule has 1 N–H and O–H groups in total. The highest BCUT2D eigenvalue weighted by atomic mass is 16.5. The van der Waals surface area contributed by atoms with Gasteiger partial charge in [-0.05, 0) is 23.3 Å². The summed E-state index contributed by atoms with van der Waals surface area (Å²) in [5.41, 5.74) is 6.29. The second kappa shape index (κ2) is 11.1. The fraction of sp³-hybridized carbons (Fsp3) is 0.0667. The molecule has 0 fully saturated rings. The molecule has 5 aromatic rings. The van der Waals surface area contributed by atoms with Crippen molar-refractivity contribution in [3.8, 4) is 11.5 Å². The largest absolute Gasteiger partial charge is 0.489 e. The van der Waals surface area contributed by atoms with Crippen LogP contribution in [0.4, 0.5) is 5.69 Å². The van der Waals surface area contributed by atoms with Crippen LogP contribution in [0.5, 0.6) is 11.5 Å². The Kier molecular flexibility index (Phi) is 7.04. The lowest BCUT2D eigenvalue weighted by atomic mass is 10.1. The zero-order chi connectivity index (χ0) is 24.6. The van der Waals surface area contributed by atoms with Crippen molar-refractivity contribution >= 4 is 22.9 Å². The third-order valence-corrected chi connectivity index (χ3v) is 5.47. The highest BCUT2D eigenvalue weighted by Gasteiger charge is 2.14. The van der Waals surface area contributed by atoms with Crippen molar-refractivity contribution < 1.29 is 13.9 Å². The predicted octanol–water partition coefficient (Wildman–Crippen LogP) is 6.40. The van der Waals surface area contributed by atoms with Gasteiger partial charge in [-0.25, -0.2) is 4.79 Å². The Morgan fingerprint density at radius 2 is 1.36 bits per heavy atom. The van der Waals surface area contributed by atoms with E-state index in [2.05, 4.69) is 10.5 Å². The summed E-state index contributed by atoms with van der Waals surface area (Å²) < 4.78 is 17.8. The molecule has 1 heterocycles. The summed E-state index contributed by atoms with van der Waals surface area (Å²) in [6.45, 7) is 0.715. The molecule has 0 unspecified atom stereocenters. The zero-order valence-electron chi connectivity index (χ0n) is 19.5. The van der Waals surface area contributed by atoms with Gasteiger partial charge in [0.1, 0.15) is 30.3 Å². The third kappa shape index (κ3) is 5.80. The lowest BCUT2D eigenvalue weighted by Crippen LogP contribution is -2.04. The molecule has 6 heteroatoms. The first-order valence-electron chi connectivity index (χ1n) is 11.5. The van der Waals surface area contributed by atoms with E-state index in [1.807, 2.05) is 97.1 Å². The lowest BCUT2D eigenvalue weighted by Gasteiger charge is -2.14. The van der Waals surface area contributed by atoms with Crippen molar-refractivity contribution in [3.63, 3.8) is 0 Å². The van der Waals surface area contributed by atoms with Gasteiger partial charge in [-0.15, -0.1) is 0 Å².